The number of hydrogen-bond donors (Lipinski definition) is 1. The van der Waals surface area contributed by atoms with E-state index in [1.165, 1.54) is 7.11 Å². The maximum absolute atomic E-state index is 13.6. The molecule has 2 N–H and O–H groups in total. The summed E-state index contributed by atoms with van der Waals surface area (Å²) < 4.78 is 23.1. The highest BCUT2D eigenvalue weighted by atomic mass is 19.1. The number of ether oxygens (including phenoxy) is 2. The van der Waals surface area contributed by atoms with Crippen LogP contribution in [0.15, 0.2) is 0 Å². The molecule has 1 fully saturated rings. The van der Waals surface area contributed by atoms with E-state index in [1.807, 2.05) is 0 Å². The molecule has 0 aromatic carbocycles. The standard InChI is InChI=1S/C9H16FNO3/c1-13-9(12)8(11)7(10)6-2-4-14-5-3-6/h6-8H,2-5,11H2,1H3. The van der Waals surface area contributed by atoms with Crippen LogP contribution in [-0.4, -0.2) is 38.5 Å². The van der Waals surface area contributed by atoms with Gasteiger partial charge in [0, 0.05) is 13.2 Å². The van der Waals surface area contributed by atoms with Crippen LogP contribution in [0.4, 0.5) is 4.39 Å². The number of methoxy groups -OCH3 is 1. The quantitative estimate of drug-likeness (QED) is 0.671. The fourth-order valence-corrected chi connectivity index (χ4v) is 1.59. The first-order valence-corrected chi connectivity index (χ1v) is 4.72. The Morgan fingerprint density at radius 2 is 2.14 bits per heavy atom. The Labute approximate surface area is 82.5 Å². The van der Waals surface area contributed by atoms with Gasteiger partial charge >= 0.3 is 5.97 Å². The lowest BCUT2D eigenvalue weighted by Crippen LogP contribution is -2.45. The summed E-state index contributed by atoms with van der Waals surface area (Å²) in [6.07, 6.45) is -0.0936. The van der Waals surface area contributed by atoms with Gasteiger partial charge in [-0.15, -0.1) is 0 Å². The molecule has 1 aliphatic heterocycles. The van der Waals surface area contributed by atoms with Gasteiger partial charge in [0.15, 0.2) is 0 Å². The van der Waals surface area contributed by atoms with Crippen LogP contribution in [0.3, 0.4) is 0 Å². The number of esters is 1. The second kappa shape index (κ2) is 5.26. The van der Waals surface area contributed by atoms with Gasteiger partial charge in [-0.2, -0.15) is 0 Å². The van der Waals surface area contributed by atoms with Gasteiger partial charge in [0.05, 0.1) is 7.11 Å². The van der Waals surface area contributed by atoms with Crippen LogP contribution in [0.1, 0.15) is 12.8 Å². The monoisotopic (exact) mass is 205 g/mol. The minimum absolute atomic E-state index is 0.183. The van der Waals surface area contributed by atoms with Gasteiger partial charge < -0.3 is 15.2 Å². The van der Waals surface area contributed by atoms with E-state index in [9.17, 15) is 9.18 Å². The highest BCUT2D eigenvalue weighted by molar-refractivity contribution is 5.76. The Kier molecular flexibility index (Phi) is 4.28. The molecule has 1 rings (SSSR count). The molecular weight excluding hydrogens is 189 g/mol. The number of rotatable bonds is 3. The minimum atomic E-state index is -1.33. The smallest absolute Gasteiger partial charge is 0.325 e. The second-order valence-corrected chi connectivity index (χ2v) is 3.44. The molecule has 0 saturated carbocycles. The van der Waals surface area contributed by atoms with Gasteiger partial charge in [0.25, 0.3) is 0 Å². The maximum atomic E-state index is 13.6. The van der Waals surface area contributed by atoms with Gasteiger partial charge in [-0.05, 0) is 18.8 Å². The van der Waals surface area contributed by atoms with Crippen molar-refractivity contribution in [3.05, 3.63) is 0 Å². The lowest BCUT2D eigenvalue weighted by atomic mass is 9.91. The van der Waals surface area contributed by atoms with E-state index < -0.39 is 18.2 Å². The van der Waals surface area contributed by atoms with Crippen molar-refractivity contribution in [2.75, 3.05) is 20.3 Å². The highest BCUT2D eigenvalue weighted by Gasteiger charge is 2.33. The molecule has 0 radical (unpaired) electrons. The van der Waals surface area contributed by atoms with Crippen LogP contribution in [0.25, 0.3) is 0 Å². The Bertz CT molecular complexity index is 194. The first kappa shape index (κ1) is 11.4. The van der Waals surface area contributed by atoms with E-state index in [0.717, 1.165) is 0 Å². The Balaban J connectivity index is 2.45. The van der Waals surface area contributed by atoms with Crippen LogP contribution in [-0.2, 0) is 14.3 Å². The summed E-state index contributed by atoms with van der Waals surface area (Å²) in [5, 5.41) is 0. The maximum Gasteiger partial charge on any atom is 0.325 e. The summed E-state index contributed by atoms with van der Waals surface area (Å²) in [6.45, 7) is 1.08. The molecule has 1 saturated heterocycles. The topological polar surface area (TPSA) is 61.5 Å². The molecule has 1 aliphatic rings. The molecule has 0 aromatic rings. The van der Waals surface area contributed by atoms with Crippen LogP contribution in [0, 0.1) is 5.92 Å². The Morgan fingerprint density at radius 3 is 2.64 bits per heavy atom. The largest absolute Gasteiger partial charge is 0.468 e. The molecule has 0 aliphatic carbocycles. The lowest BCUT2D eigenvalue weighted by Gasteiger charge is -2.27. The minimum Gasteiger partial charge on any atom is -0.468 e. The van der Waals surface area contributed by atoms with E-state index >= 15 is 0 Å². The van der Waals surface area contributed by atoms with E-state index in [1.54, 1.807) is 0 Å². The van der Waals surface area contributed by atoms with Crippen molar-refractivity contribution in [3.63, 3.8) is 0 Å². The summed E-state index contributed by atoms with van der Waals surface area (Å²) >= 11 is 0. The Morgan fingerprint density at radius 1 is 1.57 bits per heavy atom. The summed E-state index contributed by atoms with van der Waals surface area (Å²) in [5.74, 6) is -0.873. The van der Waals surface area contributed by atoms with Gasteiger partial charge in [0.2, 0.25) is 0 Å². The third-order valence-electron chi connectivity index (χ3n) is 2.53. The molecule has 0 bridgehead atoms. The highest BCUT2D eigenvalue weighted by Crippen LogP contribution is 2.23. The van der Waals surface area contributed by atoms with Crippen molar-refractivity contribution >= 4 is 5.97 Å². The van der Waals surface area contributed by atoms with Crippen LogP contribution in [0.2, 0.25) is 0 Å². The van der Waals surface area contributed by atoms with Crippen molar-refractivity contribution in [2.45, 2.75) is 25.1 Å². The molecule has 0 aromatic heterocycles. The molecule has 4 nitrogen and oxygen atoms in total. The zero-order valence-corrected chi connectivity index (χ0v) is 8.24. The van der Waals surface area contributed by atoms with Crippen molar-refractivity contribution in [1.29, 1.82) is 0 Å². The second-order valence-electron chi connectivity index (χ2n) is 3.44. The first-order chi connectivity index (χ1) is 6.66. The average molecular weight is 205 g/mol. The summed E-state index contributed by atoms with van der Waals surface area (Å²) in [4.78, 5) is 11.0. The lowest BCUT2D eigenvalue weighted by molar-refractivity contribution is -0.144. The normalized spacial score (nSPS) is 22.8. The van der Waals surface area contributed by atoms with Gasteiger partial charge in [-0.1, -0.05) is 0 Å². The Hall–Kier alpha value is -0.680. The van der Waals surface area contributed by atoms with E-state index in [0.29, 0.717) is 26.1 Å². The average Bonchev–Trinajstić information content (AvgIpc) is 2.27. The molecule has 14 heavy (non-hydrogen) atoms. The number of halogens is 1. The summed E-state index contributed by atoms with van der Waals surface area (Å²) in [5.41, 5.74) is 5.41. The molecule has 1 heterocycles. The van der Waals surface area contributed by atoms with Crippen LogP contribution in [0.5, 0.6) is 0 Å². The zero-order valence-electron chi connectivity index (χ0n) is 8.24. The molecular formula is C9H16FNO3. The van der Waals surface area contributed by atoms with Gasteiger partial charge in [0.1, 0.15) is 12.2 Å². The predicted octanol–water partition coefficient (Wildman–Crippen LogP) is 0.251. The fraction of sp³-hybridized carbons (Fsp3) is 0.889. The summed E-state index contributed by atoms with van der Waals surface area (Å²) in [7, 11) is 1.21. The fourth-order valence-electron chi connectivity index (χ4n) is 1.59. The van der Waals surface area contributed by atoms with Crippen molar-refractivity contribution in [3.8, 4) is 0 Å². The summed E-state index contributed by atoms with van der Waals surface area (Å²) in [6, 6.07) is -1.16. The SMILES string of the molecule is COC(=O)C(N)C(F)C1CCOCC1. The third kappa shape index (κ3) is 2.65. The predicted molar refractivity (Wildman–Crippen MR) is 48.4 cm³/mol. The third-order valence-corrected chi connectivity index (χ3v) is 2.53. The van der Waals surface area contributed by atoms with E-state index in [2.05, 4.69) is 4.74 Å². The molecule has 0 spiro atoms. The van der Waals surface area contributed by atoms with Crippen LogP contribution < -0.4 is 5.73 Å². The molecule has 5 heteroatoms. The van der Waals surface area contributed by atoms with Crippen molar-refractivity contribution in [2.24, 2.45) is 11.7 Å². The number of carbonyl (C=O) groups excluding carboxylic acids is 1. The van der Waals surface area contributed by atoms with Crippen molar-refractivity contribution in [1.82, 2.24) is 0 Å². The first-order valence-electron chi connectivity index (χ1n) is 4.72. The number of alkyl halides is 1. The van der Waals surface area contributed by atoms with Crippen LogP contribution >= 0.6 is 0 Å². The van der Waals surface area contributed by atoms with Gasteiger partial charge in [-0.25, -0.2) is 4.39 Å². The molecule has 82 valence electrons. The molecule has 2 atom stereocenters. The number of carbonyl (C=O) groups is 1. The molecule has 2 unspecified atom stereocenters. The zero-order chi connectivity index (χ0) is 10.6. The number of hydrogen-bond acceptors (Lipinski definition) is 4. The number of nitrogens with two attached hydrogens (primary N) is 1. The van der Waals surface area contributed by atoms with Crippen molar-refractivity contribution < 1.29 is 18.7 Å². The van der Waals surface area contributed by atoms with E-state index in [4.69, 9.17) is 10.5 Å². The van der Waals surface area contributed by atoms with Gasteiger partial charge in [-0.3, -0.25) is 4.79 Å². The van der Waals surface area contributed by atoms with E-state index in [-0.39, 0.29) is 5.92 Å². The molecule has 0 amide bonds.